The number of aromatic hydroxyl groups is 1. The molecule has 0 aliphatic carbocycles. The number of amides is 1. The Bertz CT molecular complexity index is 989. The third kappa shape index (κ3) is 8.51. The molecule has 4 N–H and O–H groups in total. The molecule has 0 fully saturated rings. The van der Waals surface area contributed by atoms with Crippen LogP contribution in [-0.4, -0.2) is 68.6 Å². The van der Waals surface area contributed by atoms with Crippen LogP contribution in [0.25, 0.3) is 6.08 Å². The molecule has 35 heavy (non-hydrogen) atoms. The number of aliphatic hydroxyl groups excluding tert-OH is 1. The van der Waals surface area contributed by atoms with Crippen LogP contribution in [0.4, 0.5) is 11.4 Å². The van der Waals surface area contributed by atoms with E-state index in [9.17, 15) is 19.8 Å². The SMILES string of the molecule is CNc1c(O)ccc(C(O)CNCc2ccc(N(C)C(=O)CCCCN(C)C)cc2)c1/C=C\C=O. The van der Waals surface area contributed by atoms with Gasteiger partial charge < -0.3 is 30.6 Å². The molecule has 1 amide bonds. The van der Waals surface area contributed by atoms with Crippen molar-refractivity contribution in [1.82, 2.24) is 10.2 Å². The van der Waals surface area contributed by atoms with Gasteiger partial charge in [-0.05, 0) is 75.0 Å². The standard InChI is InChI=1S/C27H38N4O4/c1-28-27-23(8-7-17-32)22(14-15-24(27)33)25(34)19-29-18-20-10-12-21(13-11-20)31(4)26(35)9-5-6-16-30(2)3/h7-8,10-15,17,25,28-29,33-34H,5-6,9,16,18-19H2,1-4H3/b8-7-. The number of phenols is 1. The molecule has 8 nitrogen and oxygen atoms in total. The minimum absolute atomic E-state index is 0.0408. The van der Waals surface area contributed by atoms with Crippen LogP contribution in [0.1, 0.15) is 42.1 Å². The van der Waals surface area contributed by atoms with Crippen LogP contribution in [0.2, 0.25) is 0 Å². The number of nitrogens with one attached hydrogen (secondary N) is 2. The predicted octanol–water partition coefficient (Wildman–Crippen LogP) is 3.16. The van der Waals surface area contributed by atoms with E-state index in [1.54, 1.807) is 31.1 Å². The largest absolute Gasteiger partial charge is 0.506 e. The molecule has 0 heterocycles. The average molecular weight is 483 g/mol. The van der Waals surface area contributed by atoms with Gasteiger partial charge in [0.15, 0.2) is 0 Å². The van der Waals surface area contributed by atoms with Crippen molar-refractivity contribution in [2.45, 2.75) is 31.9 Å². The predicted molar refractivity (Wildman–Crippen MR) is 142 cm³/mol. The Kier molecular flexibility index (Phi) is 11.4. The third-order valence-electron chi connectivity index (χ3n) is 5.82. The van der Waals surface area contributed by atoms with Gasteiger partial charge in [0.1, 0.15) is 12.0 Å². The maximum atomic E-state index is 12.4. The van der Waals surface area contributed by atoms with E-state index in [0.29, 0.717) is 36.1 Å². The fourth-order valence-corrected chi connectivity index (χ4v) is 3.81. The van der Waals surface area contributed by atoms with Crippen LogP contribution in [0, 0.1) is 0 Å². The van der Waals surface area contributed by atoms with E-state index in [4.69, 9.17) is 0 Å². The number of benzene rings is 2. The Balaban J connectivity index is 1.92. The lowest BCUT2D eigenvalue weighted by molar-refractivity contribution is -0.118. The normalized spacial score (nSPS) is 12.2. The summed E-state index contributed by atoms with van der Waals surface area (Å²) in [6.07, 6.45) is 5.10. The quantitative estimate of drug-likeness (QED) is 0.142. The van der Waals surface area contributed by atoms with Gasteiger partial charge in [0.05, 0.1) is 11.8 Å². The van der Waals surface area contributed by atoms with Gasteiger partial charge in [-0.25, -0.2) is 0 Å². The molecule has 0 bridgehead atoms. The topological polar surface area (TPSA) is 105 Å². The Morgan fingerprint density at radius 2 is 1.80 bits per heavy atom. The van der Waals surface area contributed by atoms with Crippen LogP contribution in [0.3, 0.4) is 0 Å². The summed E-state index contributed by atoms with van der Waals surface area (Å²) in [5.74, 6) is 0.145. The molecule has 0 spiro atoms. The molecule has 0 saturated heterocycles. The monoisotopic (exact) mass is 482 g/mol. The average Bonchev–Trinajstić information content (AvgIpc) is 2.85. The van der Waals surface area contributed by atoms with E-state index >= 15 is 0 Å². The van der Waals surface area contributed by atoms with Gasteiger partial charge in [-0.1, -0.05) is 18.2 Å². The lowest BCUT2D eigenvalue weighted by atomic mass is 9.99. The molecule has 2 aromatic rings. The highest BCUT2D eigenvalue weighted by atomic mass is 16.3. The Labute approximate surface area is 208 Å². The van der Waals surface area contributed by atoms with Crippen molar-refractivity contribution in [1.29, 1.82) is 0 Å². The number of hydrogen-bond donors (Lipinski definition) is 4. The van der Waals surface area contributed by atoms with Crippen molar-refractivity contribution >= 4 is 29.6 Å². The molecule has 0 aliphatic heterocycles. The maximum absolute atomic E-state index is 12.4. The highest BCUT2D eigenvalue weighted by Gasteiger charge is 2.16. The van der Waals surface area contributed by atoms with Crippen molar-refractivity contribution in [3.63, 3.8) is 0 Å². The number of aldehydes is 1. The molecule has 8 heteroatoms. The molecule has 0 radical (unpaired) electrons. The molecule has 2 aromatic carbocycles. The number of anilines is 2. The van der Waals surface area contributed by atoms with Gasteiger partial charge in [-0.2, -0.15) is 0 Å². The lowest BCUT2D eigenvalue weighted by Crippen LogP contribution is -2.26. The van der Waals surface area contributed by atoms with E-state index in [1.807, 2.05) is 38.4 Å². The first kappa shape index (κ1) is 28.0. The number of nitrogens with zero attached hydrogens (tertiary/aromatic N) is 2. The van der Waals surface area contributed by atoms with E-state index in [0.717, 1.165) is 30.6 Å². The highest BCUT2D eigenvalue weighted by molar-refractivity contribution is 5.92. The van der Waals surface area contributed by atoms with Crippen molar-refractivity contribution < 1.29 is 19.8 Å². The van der Waals surface area contributed by atoms with Gasteiger partial charge in [0.25, 0.3) is 0 Å². The number of phenolic OH excluding ortho intramolecular Hbond substituents is 1. The summed E-state index contributed by atoms with van der Waals surface area (Å²) < 4.78 is 0. The minimum Gasteiger partial charge on any atom is -0.506 e. The van der Waals surface area contributed by atoms with E-state index in [-0.39, 0.29) is 18.2 Å². The minimum atomic E-state index is -0.843. The Morgan fingerprint density at radius 3 is 2.43 bits per heavy atom. The van der Waals surface area contributed by atoms with Crippen LogP contribution < -0.4 is 15.5 Å². The first-order chi connectivity index (χ1) is 16.8. The summed E-state index contributed by atoms with van der Waals surface area (Å²) in [5.41, 5.74) is 3.48. The molecule has 0 aliphatic rings. The van der Waals surface area contributed by atoms with Crippen molar-refractivity contribution in [3.05, 3.63) is 59.2 Å². The van der Waals surface area contributed by atoms with Crippen LogP contribution >= 0.6 is 0 Å². The zero-order valence-corrected chi connectivity index (χ0v) is 21.1. The number of unbranched alkanes of at least 4 members (excludes halogenated alkanes) is 1. The zero-order valence-electron chi connectivity index (χ0n) is 21.1. The van der Waals surface area contributed by atoms with E-state index < -0.39 is 6.10 Å². The van der Waals surface area contributed by atoms with Gasteiger partial charge in [-0.3, -0.25) is 9.59 Å². The Hall–Kier alpha value is -3.20. The van der Waals surface area contributed by atoms with Gasteiger partial charge in [-0.15, -0.1) is 0 Å². The molecule has 0 aromatic heterocycles. The van der Waals surface area contributed by atoms with Crippen molar-refractivity contribution in [2.75, 3.05) is 51.5 Å². The summed E-state index contributed by atoms with van der Waals surface area (Å²) >= 11 is 0. The number of carbonyl (C=O) groups is 2. The molecule has 190 valence electrons. The lowest BCUT2D eigenvalue weighted by Gasteiger charge is -2.19. The molecular weight excluding hydrogens is 444 g/mol. The molecule has 0 saturated carbocycles. The smallest absolute Gasteiger partial charge is 0.226 e. The molecule has 1 unspecified atom stereocenters. The van der Waals surface area contributed by atoms with Crippen molar-refractivity contribution in [2.24, 2.45) is 0 Å². The number of rotatable bonds is 14. The second-order valence-electron chi connectivity index (χ2n) is 8.73. The first-order valence-corrected chi connectivity index (χ1v) is 11.8. The van der Waals surface area contributed by atoms with Crippen LogP contribution in [0.15, 0.2) is 42.5 Å². The van der Waals surface area contributed by atoms with Gasteiger partial charge >= 0.3 is 0 Å². The van der Waals surface area contributed by atoms with Crippen molar-refractivity contribution in [3.8, 4) is 5.75 Å². The molecular formula is C27H38N4O4. The van der Waals surface area contributed by atoms with Gasteiger partial charge in [0, 0.05) is 44.9 Å². The summed E-state index contributed by atoms with van der Waals surface area (Å²) in [6, 6.07) is 10.9. The van der Waals surface area contributed by atoms with Gasteiger partial charge in [0.2, 0.25) is 5.91 Å². The maximum Gasteiger partial charge on any atom is 0.226 e. The van der Waals surface area contributed by atoms with E-state index in [1.165, 1.54) is 12.1 Å². The second kappa shape index (κ2) is 14.3. The molecule has 2 rings (SSSR count). The number of hydrogen-bond acceptors (Lipinski definition) is 7. The van der Waals surface area contributed by atoms with Crippen LogP contribution in [-0.2, 0) is 16.1 Å². The summed E-state index contributed by atoms with van der Waals surface area (Å²) in [7, 11) is 7.53. The highest BCUT2D eigenvalue weighted by Crippen LogP contribution is 2.33. The Morgan fingerprint density at radius 1 is 1.09 bits per heavy atom. The third-order valence-corrected chi connectivity index (χ3v) is 5.82. The fraction of sp³-hybridized carbons (Fsp3) is 0.407. The summed E-state index contributed by atoms with van der Waals surface area (Å²) in [6.45, 7) is 1.80. The molecule has 1 atom stereocenters. The summed E-state index contributed by atoms with van der Waals surface area (Å²) in [4.78, 5) is 27.0. The first-order valence-electron chi connectivity index (χ1n) is 11.8. The number of aliphatic hydroxyl groups is 1. The van der Waals surface area contributed by atoms with E-state index in [2.05, 4.69) is 15.5 Å². The zero-order chi connectivity index (χ0) is 25.8. The van der Waals surface area contributed by atoms with Crippen LogP contribution in [0.5, 0.6) is 5.75 Å². The fourth-order valence-electron chi connectivity index (χ4n) is 3.81. The summed E-state index contributed by atoms with van der Waals surface area (Å²) in [5, 5.41) is 27.0. The number of allylic oxidation sites excluding steroid dienone is 1. The second-order valence-corrected chi connectivity index (χ2v) is 8.73. The number of carbonyl (C=O) groups excluding carboxylic acids is 2.